The van der Waals surface area contributed by atoms with E-state index in [1.165, 1.54) is 6.33 Å². The van der Waals surface area contributed by atoms with Crippen LogP contribution in [0.3, 0.4) is 0 Å². The molecule has 0 saturated heterocycles. The summed E-state index contributed by atoms with van der Waals surface area (Å²) < 4.78 is 12.3. The molecule has 0 aliphatic rings. The SMILES string of the molecule is COc1ccc(/C=C/C(=O)N(C)[C@@H](C)c2ccc(-n3cncn3)cc2)c(OC)c1. The van der Waals surface area contributed by atoms with Gasteiger partial charge in [-0.05, 0) is 42.8 Å². The second-order valence-electron chi connectivity index (χ2n) is 6.50. The Labute approximate surface area is 170 Å². The van der Waals surface area contributed by atoms with Crippen molar-refractivity contribution in [2.45, 2.75) is 13.0 Å². The van der Waals surface area contributed by atoms with Crippen molar-refractivity contribution in [1.29, 1.82) is 0 Å². The molecule has 7 nitrogen and oxygen atoms in total. The highest BCUT2D eigenvalue weighted by Gasteiger charge is 2.16. The van der Waals surface area contributed by atoms with Crippen molar-refractivity contribution in [2.24, 2.45) is 0 Å². The smallest absolute Gasteiger partial charge is 0.246 e. The van der Waals surface area contributed by atoms with Gasteiger partial charge in [-0.25, -0.2) is 9.67 Å². The van der Waals surface area contributed by atoms with E-state index in [-0.39, 0.29) is 11.9 Å². The van der Waals surface area contributed by atoms with Crippen molar-refractivity contribution in [3.8, 4) is 17.2 Å². The van der Waals surface area contributed by atoms with Crippen molar-refractivity contribution in [1.82, 2.24) is 19.7 Å². The molecule has 0 fully saturated rings. The summed E-state index contributed by atoms with van der Waals surface area (Å²) in [6.45, 7) is 1.99. The van der Waals surface area contributed by atoms with Crippen LogP contribution in [0, 0.1) is 0 Å². The van der Waals surface area contributed by atoms with Gasteiger partial charge in [0.2, 0.25) is 5.91 Å². The Hall–Kier alpha value is -3.61. The largest absolute Gasteiger partial charge is 0.497 e. The molecule has 1 aromatic heterocycles. The number of hydrogen-bond donors (Lipinski definition) is 0. The Balaban J connectivity index is 1.70. The third-order valence-corrected chi connectivity index (χ3v) is 4.83. The number of methoxy groups -OCH3 is 2. The number of benzene rings is 2. The van der Waals surface area contributed by atoms with Gasteiger partial charge in [0.15, 0.2) is 0 Å². The molecule has 3 aromatic rings. The van der Waals surface area contributed by atoms with Crippen molar-refractivity contribution < 1.29 is 14.3 Å². The van der Waals surface area contributed by atoms with Crippen molar-refractivity contribution in [2.75, 3.05) is 21.3 Å². The third kappa shape index (κ3) is 4.63. The van der Waals surface area contributed by atoms with Crippen LogP contribution in [0.1, 0.15) is 24.1 Å². The fourth-order valence-corrected chi connectivity index (χ4v) is 2.90. The number of likely N-dealkylation sites (N-methyl/N-ethyl adjacent to an activating group) is 1. The maximum atomic E-state index is 12.7. The van der Waals surface area contributed by atoms with Gasteiger partial charge in [-0.15, -0.1) is 0 Å². The van der Waals surface area contributed by atoms with Crippen LogP contribution in [-0.2, 0) is 4.79 Å². The molecule has 0 aliphatic heterocycles. The number of carbonyl (C=O) groups is 1. The molecule has 2 aromatic carbocycles. The van der Waals surface area contributed by atoms with Crippen LogP contribution in [0.5, 0.6) is 11.5 Å². The maximum absolute atomic E-state index is 12.7. The molecule has 1 atom stereocenters. The molecule has 0 spiro atoms. The molecular formula is C22H24N4O3. The second kappa shape index (κ2) is 9.05. The highest BCUT2D eigenvalue weighted by Crippen LogP contribution is 2.26. The van der Waals surface area contributed by atoms with Gasteiger partial charge < -0.3 is 14.4 Å². The summed E-state index contributed by atoms with van der Waals surface area (Å²) in [5.41, 5.74) is 2.75. The Morgan fingerprint density at radius 2 is 1.90 bits per heavy atom. The first-order valence-electron chi connectivity index (χ1n) is 9.15. The van der Waals surface area contributed by atoms with Gasteiger partial charge in [0, 0.05) is 24.8 Å². The zero-order valence-corrected chi connectivity index (χ0v) is 16.9. The normalized spacial score (nSPS) is 12.0. The number of carbonyl (C=O) groups excluding carboxylic acids is 1. The monoisotopic (exact) mass is 392 g/mol. The fourth-order valence-electron chi connectivity index (χ4n) is 2.90. The van der Waals surface area contributed by atoms with E-state index in [9.17, 15) is 4.79 Å². The van der Waals surface area contributed by atoms with Gasteiger partial charge >= 0.3 is 0 Å². The Kier molecular flexibility index (Phi) is 6.29. The zero-order chi connectivity index (χ0) is 20.8. The van der Waals surface area contributed by atoms with E-state index in [2.05, 4.69) is 10.1 Å². The first-order valence-corrected chi connectivity index (χ1v) is 9.15. The first kappa shape index (κ1) is 20.1. The standard InChI is InChI=1S/C22H24N4O3/c1-16(17-5-9-19(10-6-17)26-15-23-14-24-26)25(2)22(27)12-8-18-7-11-20(28-3)13-21(18)29-4/h5-16H,1-4H3/b12-8+/t16-/m0/s1. The zero-order valence-electron chi connectivity index (χ0n) is 16.9. The number of ether oxygens (including phenoxy) is 2. The Morgan fingerprint density at radius 1 is 1.14 bits per heavy atom. The summed E-state index contributed by atoms with van der Waals surface area (Å²) in [5.74, 6) is 1.24. The minimum absolute atomic E-state index is 0.0882. The van der Waals surface area contributed by atoms with Crippen LogP contribution in [-0.4, -0.2) is 46.8 Å². The summed E-state index contributed by atoms with van der Waals surface area (Å²) in [7, 11) is 4.97. The van der Waals surface area contributed by atoms with Gasteiger partial charge in [-0.1, -0.05) is 12.1 Å². The predicted molar refractivity (Wildman–Crippen MR) is 111 cm³/mol. The number of hydrogen-bond acceptors (Lipinski definition) is 5. The number of rotatable bonds is 7. The molecule has 0 N–H and O–H groups in total. The lowest BCUT2D eigenvalue weighted by molar-refractivity contribution is -0.126. The average molecular weight is 392 g/mol. The van der Waals surface area contributed by atoms with E-state index in [1.54, 1.807) is 55.4 Å². The van der Waals surface area contributed by atoms with E-state index >= 15 is 0 Å². The van der Waals surface area contributed by atoms with E-state index < -0.39 is 0 Å². The average Bonchev–Trinajstić information content (AvgIpc) is 3.31. The van der Waals surface area contributed by atoms with Crippen LogP contribution in [0.2, 0.25) is 0 Å². The molecule has 150 valence electrons. The van der Waals surface area contributed by atoms with Gasteiger partial charge in [0.25, 0.3) is 0 Å². The van der Waals surface area contributed by atoms with Crippen molar-refractivity contribution in [3.63, 3.8) is 0 Å². The molecule has 0 unspecified atom stereocenters. The minimum atomic E-state index is -0.101. The minimum Gasteiger partial charge on any atom is -0.497 e. The molecule has 7 heteroatoms. The lowest BCUT2D eigenvalue weighted by Gasteiger charge is -2.24. The maximum Gasteiger partial charge on any atom is 0.246 e. The topological polar surface area (TPSA) is 69.5 Å². The molecule has 0 saturated carbocycles. The van der Waals surface area contributed by atoms with E-state index in [0.717, 1.165) is 16.8 Å². The molecule has 0 aliphatic carbocycles. The molecular weight excluding hydrogens is 368 g/mol. The van der Waals surface area contributed by atoms with Crippen LogP contribution < -0.4 is 9.47 Å². The first-order chi connectivity index (χ1) is 14.0. The van der Waals surface area contributed by atoms with Crippen LogP contribution >= 0.6 is 0 Å². The lowest BCUT2D eigenvalue weighted by atomic mass is 10.1. The summed E-state index contributed by atoms with van der Waals surface area (Å²) >= 11 is 0. The molecule has 1 amide bonds. The van der Waals surface area contributed by atoms with Gasteiger partial charge in [0.1, 0.15) is 24.2 Å². The van der Waals surface area contributed by atoms with Crippen LogP contribution in [0.15, 0.2) is 61.2 Å². The van der Waals surface area contributed by atoms with Crippen LogP contribution in [0.25, 0.3) is 11.8 Å². The van der Waals surface area contributed by atoms with Crippen molar-refractivity contribution >= 4 is 12.0 Å². The Morgan fingerprint density at radius 3 is 2.52 bits per heavy atom. The van der Waals surface area contributed by atoms with Gasteiger partial charge in [-0.2, -0.15) is 5.10 Å². The summed E-state index contributed by atoms with van der Waals surface area (Å²) in [6.07, 6.45) is 6.43. The third-order valence-electron chi connectivity index (χ3n) is 4.83. The van der Waals surface area contributed by atoms with Crippen molar-refractivity contribution in [3.05, 3.63) is 72.3 Å². The lowest BCUT2D eigenvalue weighted by Crippen LogP contribution is -2.28. The Bertz CT molecular complexity index is 982. The van der Waals surface area contributed by atoms with E-state index in [4.69, 9.17) is 9.47 Å². The molecule has 0 bridgehead atoms. The van der Waals surface area contributed by atoms with E-state index in [0.29, 0.717) is 11.5 Å². The number of nitrogens with zero attached hydrogens (tertiary/aromatic N) is 4. The molecule has 1 heterocycles. The number of aromatic nitrogens is 3. The highest BCUT2D eigenvalue weighted by atomic mass is 16.5. The molecule has 29 heavy (non-hydrogen) atoms. The molecule has 0 radical (unpaired) electrons. The number of amides is 1. The quantitative estimate of drug-likeness (QED) is 0.576. The summed E-state index contributed by atoms with van der Waals surface area (Å²) in [5, 5.41) is 4.12. The van der Waals surface area contributed by atoms with Gasteiger partial charge in [0.05, 0.1) is 25.9 Å². The van der Waals surface area contributed by atoms with Gasteiger partial charge in [-0.3, -0.25) is 4.79 Å². The second-order valence-corrected chi connectivity index (χ2v) is 6.50. The molecule has 3 rings (SSSR count). The predicted octanol–water partition coefficient (Wildman–Crippen LogP) is 3.52. The summed E-state index contributed by atoms with van der Waals surface area (Å²) in [6, 6.07) is 13.3. The fraction of sp³-hybridized carbons (Fsp3) is 0.227. The van der Waals surface area contributed by atoms with E-state index in [1.807, 2.05) is 43.3 Å². The highest BCUT2D eigenvalue weighted by molar-refractivity contribution is 5.92. The summed E-state index contributed by atoms with van der Waals surface area (Å²) in [4.78, 5) is 18.3. The van der Waals surface area contributed by atoms with Crippen LogP contribution in [0.4, 0.5) is 0 Å².